The molecule has 0 radical (unpaired) electrons. The highest BCUT2D eigenvalue weighted by atomic mass is 35.5. The number of amides is 3. The number of carbonyl (C=O) groups excluding carboxylic acids is 3. The fraction of sp³-hybridized carbons (Fsp3) is 0.148. The fourth-order valence-corrected chi connectivity index (χ4v) is 4.40. The first-order chi connectivity index (χ1) is 17.8. The Morgan fingerprint density at radius 1 is 1.05 bits per heavy atom. The van der Waals surface area contributed by atoms with Crippen molar-refractivity contribution in [3.05, 3.63) is 93.6 Å². The molecule has 1 N–H and O–H groups in total. The monoisotopic (exact) mass is 540 g/mol. The van der Waals surface area contributed by atoms with Gasteiger partial charge in [0.25, 0.3) is 11.1 Å². The van der Waals surface area contributed by atoms with Crippen LogP contribution in [-0.2, 0) is 16.2 Å². The Hall–Kier alpha value is -3.82. The van der Waals surface area contributed by atoms with E-state index in [1.165, 1.54) is 6.07 Å². The number of imide groups is 1. The molecule has 0 aliphatic carbocycles. The molecule has 1 heterocycles. The van der Waals surface area contributed by atoms with Gasteiger partial charge < -0.3 is 14.8 Å². The van der Waals surface area contributed by atoms with Gasteiger partial charge in [0.1, 0.15) is 19.0 Å². The number of halogens is 2. The van der Waals surface area contributed by atoms with Crippen LogP contribution in [0.25, 0.3) is 6.08 Å². The highest BCUT2D eigenvalue weighted by Crippen LogP contribution is 2.35. The third kappa shape index (κ3) is 6.69. The molecule has 3 amide bonds. The van der Waals surface area contributed by atoms with Gasteiger partial charge in [-0.1, -0.05) is 35.9 Å². The first-order valence-electron chi connectivity index (χ1n) is 11.3. The molecule has 3 aromatic carbocycles. The van der Waals surface area contributed by atoms with Crippen molar-refractivity contribution in [3.63, 3.8) is 0 Å². The Labute approximate surface area is 222 Å². The van der Waals surface area contributed by atoms with Gasteiger partial charge >= 0.3 is 0 Å². The van der Waals surface area contributed by atoms with Crippen molar-refractivity contribution in [2.45, 2.75) is 13.5 Å². The molecular weight excluding hydrogens is 519 g/mol. The number of nitrogens with zero attached hydrogens (tertiary/aromatic N) is 1. The summed E-state index contributed by atoms with van der Waals surface area (Å²) in [6.07, 6.45) is 1.55. The van der Waals surface area contributed by atoms with Crippen molar-refractivity contribution in [1.82, 2.24) is 4.90 Å². The van der Waals surface area contributed by atoms with Crippen molar-refractivity contribution in [1.29, 1.82) is 0 Å². The number of carbonyl (C=O) groups is 3. The minimum atomic E-state index is -0.570. The minimum absolute atomic E-state index is 0.0169. The molecule has 3 aromatic rings. The fourth-order valence-electron chi connectivity index (χ4n) is 3.44. The van der Waals surface area contributed by atoms with E-state index < -0.39 is 23.6 Å². The molecule has 1 fully saturated rings. The predicted octanol–water partition coefficient (Wildman–Crippen LogP) is 6.13. The van der Waals surface area contributed by atoms with Gasteiger partial charge in [-0.2, -0.15) is 0 Å². The Morgan fingerprint density at radius 3 is 2.54 bits per heavy atom. The summed E-state index contributed by atoms with van der Waals surface area (Å²) in [5.74, 6) is -0.627. The summed E-state index contributed by atoms with van der Waals surface area (Å²) in [6.45, 7) is 1.77. The summed E-state index contributed by atoms with van der Waals surface area (Å²) in [4.78, 5) is 38.7. The molecule has 4 rings (SSSR count). The average Bonchev–Trinajstić information content (AvgIpc) is 3.13. The summed E-state index contributed by atoms with van der Waals surface area (Å²) in [5, 5.41) is 2.61. The highest BCUT2D eigenvalue weighted by Gasteiger charge is 2.36. The van der Waals surface area contributed by atoms with E-state index in [-0.39, 0.29) is 17.3 Å². The zero-order valence-corrected chi connectivity index (χ0v) is 21.3. The number of nitrogens with one attached hydrogen (secondary N) is 1. The Bertz CT molecular complexity index is 1360. The number of hydrogen-bond acceptors (Lipinski definition) is 6. The molecule has 7 nitrogen and oxygen atoms in total. The van der Waals surface area contributed by atoms with Crippen LogP contribution in [0.15, 0.2) is 71.6 Å². The lowest BCUT2D eigenvalue weighted by Gasteiger charge is -2.13. The van der Waals surface area contributed by atoms with E-state index >= 15 is 0 Å². The number of rotatable bonds is 9. The maximum atomic E-state index is 13.9. The highest BCUT2D eigenvalue weighted by molar-refractivity contribution is 8.18. The van der Waals surface area contributed by atoms with E-state index in [0.29, 0.717) is 39.9 Å². The quantitative estimate of drug-likeness (QED) is 0.329. The van der Waals surface area contributed by atoms with E-state index in [0.717, 1.165) is 16.7 Å². The van der Waals surface area contributed by atoms with E-state index in [4.69, 9.17) is 21.1 Å². The Balaban J connectivity index is 1.45. The van der Waals surface area contributed by atoms with Gasteiger partial charge in [0, 0.05) is 16.3 Å². The summed E-state index contributed by atoms with van der Waals surface area (Å²) in [6, 6.07) is 17.8. The van der Waals surface area contributed by atoms with Crippen LogP contribution in [0, 0.1) is 5.82 Å². The van der Waals surface area contributed by atoms with E-state index in [2.05, 4.69) is 5.32 Å². The largest absolute Gasteiger partial charge is 0.490 e. The van der Waals surface area contributed by atoms with Crippen LogP contribution < -0.4 is 14.8 Å². The van der Waals surface area contributed by atoms with Crippen LogP contribution in [0.3, 0.4) is 0 Å². The van der Waals surface area contributed by atoms with Crippen molar-refractivity contribution in [2.24, 2.45) is 0 Å². The van der Waals surface area contributed by atoms with Crippen LogP contribution in [0.1, 0.15) is 18.1 Å². The van der Waals surface area contributed by atoms with Gasteiger partial charge in [-0.15, -0.1) is 0 Å². The molecule has 1 aliphatic heterocycles. The van der Waals surface area contributed by atoms with Crippen molar-refractivity contribution < 1.29 is 28.2 Å². The molecular formula is C27H22ClFN2O5S. The second-order valence-corrected chi connectivity index (χ2v) is 9.27. The smallest absolute Gasteiger partial charge is 0.294 e. The van der Waals surface area contributed by atoms with Gasteiger partial charge in [0.05, 0.1) is 11.5 Å². The van der Waals surface area contributed by atoms with Gasteiger partial charge in [-0.3, -0.25) is 19.3 Å². The van der Waals surface area contributed by atoms with E-state index in [9.17, 15) is 18.8 Å². The first kappa shape index (κ1) is 26.2. The van der Waals surface area contributed by atoms with E-state index in [1.54, 1.807) is 66.7 Å². The topological polar surface area (TPSA) is 84.9 Å². The molecule has 0 bridgehead atoms. The second-order valence-electron chi connectivity index (χ2n) is 7.84. The standard InChI is InChI=1S/C27H22ClFN2O5S/c1-2-35-23-13-17(7-12-22(23)36-16-18-5-3-4-6-21(18)29)14-24-26(33)31(27(34)37-24)15-25(32)30-20-10-8-19(28)9-11-20/h3-14H,2,15-16H2,1H3,(H,30,32)/b24-14+. The number of anilines is 1. The SMILES string of the molecule is CCOc1cc(/C=C2/SC(=O)N(CC(=O)Nc3ccc(Cl)cc3)C2=O)ccc1OCc1ccccc1F. The Morgan fingerprint density at radius 2 is 1.81 bits per heavy atom. The molecule has 10 heteroatoms. The number of ether oxygens (including phenoxy) is 2. The van der Waals surface area contributed by atoms with Gasteiger partial charge in [-0.25, -0.2) is 4.39 Å². The third-order valence-corrected chi connectivity index (χ3v) is 6.37. The van der Waals surface area contributed by atoms with Gasteiger partial charge in [0.2, 0.25) is 5.91 Å². The normalized spacial score (nSPS) is 14.2. The van der Waals surface area contributed by atoms with Crippen molar-refractivity contribution in [3.8, 4) is 11.5 Å². The zero-order valence-electron chi connectivity index (χ0n) is 19.7. The molecule has 0 saturated carbocycles. The summed E-state index contributed by atoms with van der Waals surface area (Å²) in [7, 11) is 0. The minimum Gasteiger partial charge on any atom is -0.490 e. The third-order valence-electron chi connectivity index (χ3n) is 5.21. The first-order valence-corrected chi connectivity index (χ1v) is 12.5. The lowest BCUT2D eigenvalue weighted by atomic mass is 10.1. The molecule has 1 saturated heterocycles. The molecule has 0 unspecified atom stereocenters. The predicted molar refractivity (Wildman–Crippen MR) is 141 cm³/mol. The number of benzene rings is 3. The number of hydrogen-bond donors (Lipinski definition) is 1. The lowest BCUT2D eigenvalue weighted by Crippen LogP contribution is -2.36. The molecule has 1 aliphatic rings. The second kappa shape index (κ2) is 11.9. The van der Waals surface area contributed by atoms with Crippen LogP contribution in [-0.4, -0.2) is 35.1 Å². The van der Waals surface area contributed by atoms with E-state index in [1.807, 2.05) is 6.92 Å². The molecule has 0 atom stereocenters. The van der Waals surface area contributed by atoms with Crippen molar-refractivity contribution >= 4 is 52.2 Å². The summed E-state index contributed by atoms with van der Waals surface area (Å²) >= 11 is 6.59. The molecule has 190 valence electrons. The maximum Gasteiger partial charge on any atom is 0.294 e. The maximum absolute atomic E-state index is 13.9. The van der Waals surface area contributed by atoms with Crippen LogP contribution in [0.2, 0.25) is 5.02 Å². The van der Waals surface area contributed by atoms with Gasteiger partial charge in [-0.05, 0) is 72.8 Å². The van der Waals surface area contributed by atoms with Crippen molar-refractivity contribution in [2.75, 3.05) is 18.5 Å². The average molecular weight is 541 g/mol. The Kier molecular flexibility index (Phi) is 8.47. The molecule has 0 spiro atoms. The number of thioether (sulfide) groups is 1. The molecule has 0 aromatic heterocycles. The lowest BCUT2D eigenvalue weighted by molar-refractivity contribution is -0.127. The zero-order chi connectivity index (χ0) is 26.4. The molecule has 37 heavy (non-hydrogen) atoms. The summed E-state index contributed by atoms with van der Waals surface area (Å²) < 4.78 is 25.4. The van der Waals surface area contributed by atoms with Crippen LogP contribution in [0.4, 0.5) is 14.9 Å². The van der Waals surface area contributed by atoms with Gasteiger partial charge in [0.15, 0.2) is 11.5 Å². The van der Waals surface area contributed by atoms with Crippen LogP contribution in [0.5, 0.6) is 11.5 Å². The van der Waals surface area contributed by atoms with Crippen LogP contribution >= 0.6 is 23.4 Å². The summed E-state index contributed by atoms with van der Waals surface area (Å²) in [5.41, 5.74) is 1.50.